The number of hydrogen-bond acceptors (Lipinski definition) is 1. The summed E-state index contributed by atoms with van der Waals surface area (Å²) < 4.78 is 47.0. The van der Waals surface area contributed by atoms with Crippen molar-refractivity contribution >= 4 is 6.03 Å². The second-order valence-corrected chi connectivity index (χ2v) is 2.19. The third-order valence-electron chi connectivity index (χ3n) is 1.04. The van der Waals surface area contributed by atoms with E-state index in [9.17, 15) is 22.4 Å². The molecular weight excluding hydrogens is 180 g/mol. The standard InChI is InChI=1S/C5H8F4N2O/c1-10(2)4(12)11(3-6)5(7,8)9/h3H2,1-2H3. The minimum Gasteiger partial charge on any atom is -0.330 e. The highest BCUT2D eigenvalue weighted by Crippen LogP contribution is 2.21. The summed E-state index contributed by atoms with van der Waals surface area (Å²) in [5, 5.41) is 0. The molecule has 0 aliphatic carbocycles. The quantitative estimate of drug-likeness (QED) is 0.451. The Kier molecular flexibility index (Phi) is 3.29. The molecule has 0 fully saturated rings. The summed E-state index contributed by atoms with van der Waals surface area (Å²) in [7, 11) is 2.22. The van der Waals surface area contributed by atoms with Crippen molar-refractivity contribution in [2.24, 2.45) is 0 Å². The molecule has 0 bridgehead atoms. The molecule has 0 radical (unpaired) electrons. The first-order chi connectivity index (χ1) is 5.30. The molecule has 12 heavy (non-hydrogen) atoms. The maximum absolute atomic E-state index is 11.8. The maximum Gasteiger partial charge on any atom is 0.490 e. The second-order valence-electron chi connectivity index (χ2n) is 2.19. The summed E-state index contributed by atoms with van der Waals surface area (Å²) in [6.07, 6.45) is -4.96. The molecule has 0 saturated carbocycles. The fraction of sp³-hybridized carbons (Fsp3) is 0.800. The van der Waals surface area contributed by atoms with Crippen LogP contribution in [-0.2, 0) is 0 Å². The summed E-state index contributed by atoms with van der Waals surface area (Å²) in [6, 6.07) is -1.43. The lowest BCUT2D eigenvalue weighted by atomic mass is 10.7. The molecule has 72 valence electrons. The zero-order chi connectivity index (χ0) is 9.94. The van der Waals surface area contributed by atoms with Crippen molar-refractivity contribution in [3.63, 3.8) is 0 Å². The molecule has 0 aromatic carbocycles. The lowest BCUT2D eigenvalue weighted by Gasteiger charge is -2.24. The van der Waals surface area contributed by atoms with Gasteiger partial charge in [-0.2, -0.15) is 0 Å². The SMILES string of the molecule is CN(C)C(=O)N(CF)C(F)(F)F. The lowest BCUT2D eigenvalue weighted by Crippen LogP contribution is -2.47. The number of carbonyl (C=O) groups is 1. The molecule has 2 amide bonds. The Labute approximate surface area is 66.5 Å². The molecule has 0 aliphatic rings. The summed E-state index contributed by atoms with van der Waals surface area (Å²) in [5.41, 5.74) is 0. The highest BCUT2D eigenvalue weighted by atomic mass is 19.4. The van der Waals surface area contributed by atoms with Crippen LogP contribution >= 0.6 is 0 Å². The van der Waals surface area contributed by atoms with Gasteiger partial charge in [0, 0.05) is 14.1 Å². The van der Waals surface area contributed by atoms with Crippen LogP contribution < -0.4 is 0 Å². The summed E-state index contributed by atoms with van der Waals surface area (Å²) in [6.45, 7) is -1.87. The zero-order valence-electron chi connectivity index (χ0n) is 6.52. The Morgan fingerprint density at radius 2 is 1.75 bits per heavy atom. The molecule has 3 nitrogen and oxygen atoms in total. The zero-order valence-corrected chi connectivity index (χ0v) is 6.52. The molecular formula is C5H8F4N2O. The van der Waals surface area contributed by atoms with Crippen LogP contribution in [0.2, 0.25) is 0 Å². The number of hydrogen-bond donors (Lipinski definition) is 0. The van der Waals surface area contributed by atoms with Crippen molar-refractivity contribution < 1.29 is 22.4 Å². The van der Waals surface area contributed by atoms with E-state index < -0.39 is 24.0 Å². The Morgan fingerprint density at radius 1 is 1.33 bits per heavy atom. The first-order valence-electron chi connectivity index (χ1n) is 2.92. The van der Waals surface area contributed by atoms with Gasteiger partial charge in [-0.3, -0.25) is 0 Å². The average Bonchev–Trinajstić information content (AvgIpc) is 1.85. The number of carbonyl (C=O) groups excluding carboxylic acids is 1. The third-order valence-corrected chi connectivity index (χ3v) is 1.04. The van der Waals surface area contributed by atoms with Gasteiger partial charge in [0.1, 0.15) is 0 Å². The number of alkyl halides is 4. The van der Waals surface area contributed by atoms with E-state index in [0.717, 1.165) is 14.1 Å². The van der Waals surface area contributed by atoms with E-state index in [1.54, 1.807) is 0 Å². The van der Waals surface area contributed by atoms with Gasteiger partial charge in [0.25, 0.3) is 0 Å². The molecule has 0 N–H and O–H groups in total. The lowest BCUT2D eigenvalue weighted by molar-refractivity contribution is -0.234. The van der Waals surface area contributed by atoms with Gasteiger partial charge in [0.2, 0.25) is 0 Å². The summed E-state index contributed by atoms with van der Waals surface area (Å²) in [4.78, 5) is 10.4. The van der Waals surface area contributed by atoms with Gasteiger partial charge in [-0.15, -0.1) is 13.2 Å². The topological polar surface area (TPSA) is 23.6 Å². The van der Waals surface area contributed by atoms with Crippen molar-refractivity contribution in [2.75, 3.05) is 20.9 Å². The number of amides is 2. The van der Waals surface area contributed by atoms with E-state index in [0.29, 0.717) is 4.90 Å². The summed E-state index contributed by atoms with van der Waals surface area (Å²) >= 11 is 0. The van der Waals surface area contributed by atoms with Crippen molar-refractivity contribution in [1.29, 1.82) is 0 Å². The van der Waals surface area contributed by atoms with Crippen LogP contribution in [0.25, 0.3) is 0 Å². The molecule has 0 saturated heterocycles. The van der Waals surface area contributed by atoms with Gasteiger partial charge >= 0.3 is 12.3 Å². The normalized spacial score (nSPS) is 11.2. The molecule has 7 heteroatoms. The fourth-order valence-electron chi connectivity index (χ4n) is 0.469. The molecule has 0 atom stereocenters. The third kappa shape index (κ3) is 2.55. The van der Waals surface area contributed by atoms with E-state index in [1.807, 2.05) is 0 Å². The molecule has 0 rings (SSSR count). The second kappa shape index (κ2) is 3.59. The number of rotatable bonds is 1. The van der Waals surface area contributed by atoms with Gasteiger partial charge in [-0.1, -0.05) is 0 Å². The fourth-order valence-corrected chi connectivity index (χ4v) is 0.469. The van der Waals surface area contributed by atoms with Crippen LogP contribution in [0.1, 0.15) is 0 Å². The van der Waals surface area contributed by atoms with Crippen LogP contribution in [0, 0.1) is 0 Å². The molecule has 0 aromatic heterocycles. The van der Waals surface area contributed by atoms with Crippen molar-refractivity contribution in [1.82, 2.24) is 9.80 Å². The predicted molar refractivity (Wildman–Crippen MR) is 33.0 cm³/mol. The van der Waals surface area contributed by atoms with E-state index in [4.69, 9.17) is 0 Å². The van der Waals surface area contributed by atoms with Gasteiger partial charge in [-0.25, -0.2) is 14.1 Å². The first kappa shape index (κ1) is 11.0. The Morgan fingerprint density at radius 3 is 1.83 bits per heavy atom. The van der Waals surface area contributed by atoms with Crippen LogP contribution in [0.5, 0.6) is 0 Å². The van der Waals surface area contributed by atoms with Crippen molar-refractivity contribution in [3.05, 3.63) is 0 Å². The summed E-state index contributed by atoms with van der Waals surface area (Å²) in [5.74, 6) is 0. The highest BCUT2D eigenvalue weighted by molar-refractivity contribution is 5.73. The van der Waals surface area contributed by atoms with Gasteiger partial charge in [0.05, 0.1) is 0 Å². The predicted octanol–water partition coefficient (Wildman–Crippen LogP) is 1.42. The van der Waals surface area contributed by atoms with E-state index in [1.165, 1.54) is 0 Å². The van der Waals surface area contributed by atoms with Crippen LogP contribution in [0.3, 0.4) is 0 Å². The first-order valence-corrected chi connectivity index (χ1v) is 2.92. The Bertz CT molecular complexity index is 167. The largest absolute Gasteiger partial charge is 0.490 e. The number of halogens is 4. The van der Waals surface area contributed by atoms with Crippen molar-refractivity contribution in [2.45, 2.75) is 6.30 Å². The average molecular weight is 188 g/mol. The Balaban J connectivity index is 4.47. The van der Waals surface area contributed by atoms with Crippen LogP contribution in [-0.4, -0.2) is 43.0 Å². The Hall–Kier alpha value is -1.01. The molecule has 0 unspecified atom stereocenters. The van der Waals surface area contributed by atoms with Gasteiger partial charge in [-0.05, 0) is 0 Å². The van der Waals surface area contributed by atoms with Gasteiger partial charge in [0.15, 0.2) is 6.80 Å². The minimum absolute atomic E-state index is 0.646. The maximum atomic E-state index is 11.8. The van der Waals surface area contributed by atoms with Crippen molar-refractivity contribution in [3.8, 4) is 0 Å². The smallest absolute Gasteiger partial charge is 0.330 e. The molecule has 0 heterocycles. The molecule has 0 aromatic rings. The van der Waals surface area contributed by atoms with Gasteiger partial charge < -0.3 is 4.90 Å². The number of nitrogens with zero attached hydrogens (tertiary/aromatic N) is 2. The monoisotopic (exact) mass is 188 g/mol. The molecule has 0 aliphatic heterocycles. The van der Waals surface area contributed by atoms with E-state index in [-0.39, 0.29) is 0 Å². The molecule has 0 spiro atoms. The van der Waals surface area contributed by atoms with Crippen LogP contribution in [0.4, 0.5) is 22.4 Å². The number of urea groups is 1. The highest BCUT2D eigenvalue weighted by Gasteiger charge is 2.41. The van der Waals surface area contributed by atoms with E-state index >= 15 is 0 Å². The van der Waals surface area contributed by atoms with Crippen LogP contribution in [0.15, 0.2) is 0 Å². The minimum atomic E-state index is -4.96. The van der Waals surface area contributed by atoms with E-state index in [2.05, 4.69) is 0 Å².